The van der Waals surface area contributed by atoms with Gasteiger partial charge in [0.05, 0.1) is 10.0 Å². The molecule has 2 rings (SSSR count). The number of anilines is 1. The van der Waals surface area contributed by atoms with E-state index in [-0.39, 0.29) is 12.1 Å². The molecule has 0 spiro atoms. The van der Waals surface area contributed by atoms with Gasteiger partial charge in [0.1, 0.15) is 0 Å². The molecule has 1 fully saturated rings. The van der Waals surface area contributed by atoms with Gasteiger partial charge in [0, 0.05) is 18.3 Å². The maximum Gasteiger partial charge on any atom is 0.319 e. The molecule has 1 aromatic rings. The quantitative estimate of drug-likeness (QED) is 0.881. The lowest BCUT2D eigenvalue weighted by Crippen LogP contribution is -2.47. The van der Waals surface area contributed by atoms with Crippen LogP contribution in [-0.2, 0) is 0 Å². The Kier molecular flexibility index (Phi) is 4.91. The van der Waals surface area contributed by atoms with Crippen LogP contribution >= 0.6 is 23.2 Å². The number of hydrogen-bond donors (Lipinski definition) is 2. The van der Waals surface area contributed by atoms with E-state index < -0.39 is 0 Å². The summed E-state index contributed by atoms with van der Waals surface area (Å²) in [7, 11) is 2.06. The number of urea groups is 1. The maximum atomic E-state index is 11.9. The first-order valence-electron chi connectivity index (χ1n) is 6.25. The SMILES string of the molecule is CN1CCC[C@@H](NC(=O)Nc2ccc(Cl)c(Cl)c2)C1. The van der Waals surface area contributed by atoms with Crippen LogP contribution in [0.1, 0.15) is 12.8 Å². The zero-order chi connectivity index (χ0) is 13.8. The molecule has 6 heteroatoms. The van der Waals surface area contributed by atoms with Crippen molar-refractivity contribution in [3.8, 4) is 0 Å². The number of halogens is 2. The van der Waals surface area contributed by atoms with E-state index in [1.165, 1.54) is 0 Å². The third-order valence-electron chi connectivity index (χ3n) is 3.14. The van der Waals surface area contributed by atoms with Crippen molar-refractivity contribution < 1.29 is 4.79 Å². The normalized spacial score (nSPS) is 20.1. The van der Waals surface area contributed by atoms with Gasteiger partial charge in [-0.3, -0.25) is 0 Å². The minimum absolute atomic E-state index is 0.196. The highest BCUT2D eigenvalue weighted by molar-refractivity contribution is 6.42. The minimum Gasteiger partial charge on any atom is -0.334 e. The number of hydrogen-bond acceptors (Lipinski definition) is 2. The smallest absolute Gasteiger partial charge is 0.319 e. The summed E-state index contributed by atoms with van der Waals surface area (Å²) in [6.07, 6.45) is 2.12. The molecule has 0 bridgehead atoms. The zero-order valence-corrected chi connectivity index (χ0v) is 12.3. The Morgan fingerprint density at radius 2 is 2.16 bits per heavy atom. The molecular weight excluding hydrogens is 285 g/mol. The summed E-state index contributed by atoms with van der Waals surface area (Å²) in [6, 6.07) is 5.01. The molecule has 1 aromatic carbocycles. The van der Waals surface area contributed by atoms with Crippen molar-refractivity contribution in [3.05, 3.63) is 28.2 Å². The number of nitrogens with one attached hydrogen (secondary N) is 2. The predicted octanol–water partition coefficient (Wildman–Crippen LogP) is 3.21. The number of piperidine rings is 1. The van der Waals surface area contributed by atoms with Crippen molar-refractivity contribution in [2.45, 2.75) is 18.9 Å². The fourth-order valence-electron chi connectivity index (χ4n) is 2.21. The summed E-state index contributed by atoms with van der Waals surface area (Å²) in [4.78, 5) is 14.1. The van der Waals surface area contributed by atoms with Crippen LogP contribution in [0.3, 0.4) is 0 Å². The number of nitrogens with zero attached hydrogens (tertiary/aromatic N) is 1. The van der Waals surface area contributed by atoms with Crippen LogP contribution in [0.5, 0.6) is 0 Å². The molecule has 0 aliphatic carbocycles. The average Bonchev–Trinajstić information content (AvgIpc) is 2.34. The zero-order valence-electron chi connectivity index (χ0n) is 10.7. The van der Waals surface area contributed by atoms with Gasteiger partial charge in [-0.05, 0) is 44.6 Å². The lowest BCUT2D eigenvalue weighted by atomic mass is 10.1. The number of carbonyl (C=O) groups is 1. The van der Waals surface area contributed by atoms with Gasteiger partial charge in [-0.15, -0.1) is 0 Å². The van der Waals surface area contributed by atoms with Gasteiger partial charge in [0.2, 0.25) is 0 Å². The number of carbonyl (C=O) groups excluding carboxylic acids is 1. The van der Waals surface area contributed by atoms with Gasteiger partial charge in [-0.2, -0.15) is 0 Å². The van der Waals surface area contributed by atoms with E-state index in [0.29, 0.717) is 15.7 Å². The number of rotatable bonds is 2. The topological polar surface area (TPSA) is 44.4 Å². The van der Waals surface area contributed by atoms with Crippen molar-refractivity contribution >= 4 is 34.9 Å². The van der Waals surface area contributed by atoms with Gasteiger partial charge in [-0.25, -0.2) is 4.79 Å². The first-order valence-corrected chi connectivity index (χ1v) is 7.01. The average molecular weight is 302 g/mol. The molecule has 1 aliphatic rings. The third kappa shape index (κ3) is 4.27. The highest BCUT2D eigenvalue weighted by atomic mass is 35.5. The molecule has 104 valence electrons. The van der Waals surface area contributed by atoms with Gasteiger partial charge in [0.15, 0.2) is 0 Å². The van der Waals surface area contributed by atoms with Crippen LogP contribution in [-0.4, -0.2) is 37.1 Å². The van der Waals surface area contributed by atoms with Gasteiger partial charge < -0.3 is 15.5 Å². The fourth-order valence-corrected chi connectivity index (χ4v) is 2.51. The van der Waals surface area contributed by atoms with E-state index in [1.54, 1.807) is 18.2 Å². The van der Waals surface area contributed by atoms with Gasteiger partial charge in [0.25, 0.3) is 0 Å². The molecule has 19 heavy (non-hydrogen) atoms. The number of likely N-dealkylation sites (tertiary alicyclic amines) is 1. The van der Waals surface area contributed by atoms with Crippen molar-refractivity contribution in [2.24, 2.45) is 0 Å². The summed E-state index contributed by atoms with van der Waals surface area (Å²) in [5.74, 6) is 0. The first-order chi connectivity index (χ1) is 9.04. The maximum absolute atomic E-state index is 11.9. The van der Waals surface area contributed by atoms with Gasteiger partial charge >= 0.3 is 6.03 Å². The summed E-state index contributed by atoms with van der Waals surface area (Å²) >= 11 is 11.7. The lowest BCUT2D eigenvalue weighted by Gasteiger charge is -2.30. The molecule has 0 unspecified atom stereocenters. The minimum atomic E-state index is -0.210. The van der Waals surface area contributed by atoms with E-state index in [2.05, 4.69) is 22.6 Å². The second-order valence-corrected chi connectivity index (χ2v) is 5.64. The first kappa shape index (κ1) is 14.4. The summed E-state index contributed by atoms with van der Waals surface area (Å²) in [6.45, 7) is 1.97. The van der Waals surface area contributed by atoms with E-state index in [4.69, 9.17) is 23.2 Å². The molecule has 0 aromatic heterocycles. The Hall–Kier alpha value is -0.970. The van der Waals surface area contributed by atoms with E-state index in [9.17, 15) is 4.79 Å². The highest BCUT2D eigenvalue weighted by Gasteiger charge is 2.18. The fraction of sp³-hybridized carbons (Fsp3) is 0.462. The second-order valence-electron chi connectivity index (χ2n) is 4.83. The lowest BCUT2D eigenvalue weighted by molar-refractivity contribution is 0.216. The van der Waals surface area contributed by atoms with Crippen LogP contribution in [0.2, 0.25) is 10.0 Å². The molecule has 1 atom stereocenters. The molecule has 2 amide bonds. The molecule has 0 radical (unpaired) electrons. The Balaban J connectivity index is 1.88. The summed E-state index contributed by atoms with van der Waals surface area (Å²) < 4.78 is 0. The third-order valence-corrected chi connectivity index (χ3v) is 3.88. The van der Waals surface area contributed by atoms with Crippen LogP contribution in [0.15, 0.2) is 18.2 Å². The predicted molar refractivity (Wildman–Crippen MR) is 79.1 cm³/mol. The number of benzene rings is 1. The molecular formula is C13H17Cl2N3O. The number of likely N-dealkylation sites (N-methyl/N-ethyl adjacent to an activating group) is 1. The Labute approximate surface area is 123 Å². The Morgan fingerprint density at radius 1 is 1.37 bits per heavy atom. The standard InChI is InChI=1S/C13H17Cl2N3O/c1-18-6-2-3-10(8-18)17-13(19)16-9-4-5-11(14)12(15)7-9/h4-5,7,10H,2-3,6,8H2,1H3,(H2,16,17,19)/t10-/m1/s1. The van der Waals surface area contributed by atoms with Crippen LogP contribution in [0.4, 0.5) is 10.5 Å². The Bertz CT molecular complexity index is 467. The van der Waals surface area contributed by atoms with E-state index in [1.807, 2.05) is 0 Å². The van der Waals surface area contributed by atoms with Crippen LogP contribution in [0, 0.1) is 0 Å². The molecule has 1 saturated heterocycles. The number of amides is 2. The largest absolute Gasteiger partial charge is 0.334 e. The molecule has 0 saturated carbocycles. The summed E-state index contributed by atoms with van der Waals surface area (Å²) in [5.41, 5.74) is 0.635. The molecule has 1 aliphatic heterocycles. The van der Waals surface area contributed by atoms with Crippen molar-refractivity contribution in [1.29, 1.82) is 0 Å². The van der Waals surface area contributed by atoms with Crippen molar-refractivity contribution in [3.63, 3.8) is 0 Å². The van der Waals surface area contributed by atoms with Crippen LogP contribution < -0.4 is 10.6 Å². The van der Waals surface area contributed by atoms with Crippen molar-refractivity contribution in [2.75, 3.05) is 25.5 Å². The highest BCUT2D eigenvalue weighted by Crippen LogP contribution is 2.24. The van der Waals surface area contributed by atoms with E-state index in [0.717, 1.165) is 25.9 Å². The van der Waals surface area contributed by atoms with Gasteiger partial charge in [-0.1, -0.05) is 23.2 Å². The van der Waals surface area contributed by atoms with Crippen LogP contribution in [0.25, 0.3) is 0 Å². The van der Waals surface area contributed by atoms with Crippen molar-refractivity contribution in [1.82, 2.24) is 10.2 Å². The molecule has 4 nitrogen and oxygen atoms in total. The molecule has 1 heterocycles. The molecule has 2 N–H and O–H groups in total. The monoisotopic (exact) mass is 301 g/mol. The summed E-state index contributed by atoms with van der Waals surface area (Å²) in [5, 5.41) is 6.63. The van der Waals surface area contributed by atoms with E-state index >= 15 is 0 Å². The second kappa shape index (κ2) is 6.46. The Morgan fingerprint density at radius 3 is 2.84 bits per heavy atom.